The molecule has 3 aromatic rings. The molecule has 3 aromatic carbocycles. The normalized spacial score (nSPS) is 14.1. The first kappa shape index (κ1) is 12.4. The van der Waals surface area contributed by atoms with Crippen molar-refractivity contribution in [3.05, 3.63) is 59.7 Å². The zero-order valence-electron chi connectivity index (χ0n) is 10.4. The summed E-state index contributed by atoms with van der Waals surface area (Å²) in [5.41, 5.74) is 3.17. The van der Waals surface area contributed by atoms with E-state index in [-0.39, 0.29) is 11.0 Å². The minimum Gasteiger partial charge on any atom is -0.0616 e. The highest BCUT2D eigenvalue weighted by atomic mass is 28.1. The summed E-state index contributed by atoms with van der Waals surface area (Å²) in [6, 6.07) is 18.0. The van der Waals surface area contributed by atoms with Gasteiger partial charge in [-0.15, -0.1) is 0 Å². The van der Waals surface area contributed by atoms with Crippen LogP contribution in [0.4, 0.5) is 0 Å². The molecule has 0 fully saturated rings. The maximum Gasteiger partial charge on any atom is -0.0102 e. The second-order valence-electron chi connectivity index (χ2n) is 5.29. The number of hydrogen-bond donors (Lipinski definition) is 0. The van der Waals surface area contributed by atoms with Crippen LogP contribution >= 0.6 is 0 Å². The van der Waals surface area contributed by atoms with E-state index >= 15 is 0 Å². The first-order valence-electron chi connectivity index (χ1n) is 6.86. The van der Waals surface area contributed by atoms with Crippen LogP contribution in [-0.4, -0.2) is 11.0 Å². The van der Waals surface area contributed by atoms with Gasteiger partial charge in [0.1, 0.15) is 0 Å². The summed E-state index contributed by atoms with van der Waals surface area (Å²) >= 11 is 0. The highest BCUT2D eigenvalue weighted by Gasteiger charge is 2.12. The van der Waals surface area contributed by atoms with Crippen molar-refractivity contribution in [1.29, 1.82) is 0 Å². The topological polar surface area (TPSA) is 0 Å². The van der Waals surface area contributed by atoms with Gasteiger partial charge in [-0.3, -0.25) is 0 Å². The molecule has 0 spiro atoms. The molecule has 0 nitrogen and oxygen atoms in total. The number of benzene rings is 3. The van der Waals surface area contributed by atoms with Gasteiger partial charge in [0.05, 0.1) is 0 Å². The third-order valence-electron chi connectivity index (χ3n) is 4.26. The molecule has 0 heterocycles. The smallest absolute Gasteiger partial charge is 0.0102 e. The lowest BCUT2D eigenvalue weighted by atomic mass is 9.86. The largest absolute Gasteiger partial charge is 0.0616 e. The van der Waals surface area contributed by atoms with E-state index in [4.69, 9.17) is 0 Å². The summed E-state index contributed by atoms with van der Waals surface area (Å²) in [6.45, 7) is 0. The van der Waals surface area contributed by atoms with Crippen molar-refractivity contribution in [2.45, 2.75) is 25.7 Å². The van der Waals surface area contributed by atoms with Crippen LogP contribution in [0.3, 0.4) is 0 Å². The first-order valence-corrected chi connectivity index (χ1v) is 6.86. The molecular weight excluding hydrogens is 244 g/mol. The molecular formula is C18H20Si. The lowest BCUT2D eigenvalue weighted by Gasteiger charge is -2.18. The summed E-state index contributed by atoms with van der Waals surface area (Å²) in [4.78, 5) is 0. The SMILES string of the molecule is [SiH4].c1ccc2c(c1)ccc1c3c(ccc12)CCCC3. The Balaban J connectivity index is 0.00000110. The van der Waals surface area contributed by atoms with Crippen molar-refractivity contribution in [2.75, 3.05) is 0 Å². The van der Waals surface area contributed by atoms with Gasteiger partial charge in [0.25, 0.3) is 0 Å². The van der Waals surface area contributed by atoms with Crippen molar-refractivity contribution in [3.8, 4) is 0 Å². The highest BCUT2D eigenvalue weighted by molar-refractivity contribution is 6.08. The van der Waals surface area contributed by atoms with Gasteiger partial charge in [0, 0.05) is 0 Å². The molecule has 0 amide bonds. The monoisotopic (exact) mass is 264 g/mol. The minimum absolute atomic E-state index is 0. The molecule has 1 heteroatoms. The fourth-order valence-electron chi connectivity index (χ4n) is 3.34. The van der Waals surface area contributed by atoms with E-state index < -0.39 is 0 Å². The second-order valence-corrected chi connectivity index (χ2v) is 5.29. The Bertz CT molecular complexity index is 743. The standard InChI is InChI=1S/C18H16.H4Si/c1-3-7-15-13(5-1)9-11-18-16-8-4-2-6-14(16)10-12-17(15)18;/h1,3,5,7,9-12H,2,4,6,8H2;1H4. The third-order valence-corrected chi connectivity index (χ3v) is 4.26. The Morgan fingerprint density at radius 2 is 1.42 bits per heavy atom. The van der Waals surface area contributed by atoms with Crippen LogP contribution < -0.4 is 0 Å². The zero-order chi connectivity index (χ0) is 11.9. The van der Waals surface area contributed by atoms with Gasteiger partial charge in [-0.05, 0) is 69.3 Å². The number of rotatable bonds is 0. The maximum atomic E-state index is 2.35. The molecule has 0 atom stereocenters. The third kappa shape index (κ3) is 1.89. The van der Waals surface area contributed by atoms with Crippen LogP contribution in [0.25, 0.3) is 21.5 Å². The van der Waals surface area contributed by atoms with Gasteiger partial charge in [-0.25, -0.2) is 0 Å². The van der Waals surface area contributed by atoms with Crippen LogP contribution in [0, 0.1) is 0 Å². The quantitative estimate of drug-likeness (QED) is 0.431. The molecule has 96 valence electrons. The summed E-state index contributed by atoms with van der Waals surface area (Å²) in [5.74, 6) is 0. The Kier molecular flexibility index (Phi) is 3.15. The van der Waals surface area contributed by atoms with E-state index in [0.717, 1.165) is 0 Å². The number of hydrogen-bond acceptors (Lipinski definition) is 0. The summed E-state index contributed by atoms with van der Waals surface area (Å²) < 4.78 is 0. The van der Waals surface area contributed by atoms with Gasteiger partial charge < -0.3 is 0 Å². The van der Waals surface area contributed by atoms with Gasteiger partial charge in [-0.1, -0.05) is 48.5 Å². The molecule has 0 saturated carbocycles. The number of aryl methyl sites for hydroxylation is 2. The van der Waals surface area contributed by atoms with E-state index in [9.17, 15) is 0 Å². The van der Waals surface area contributed by atoms with Crippen LogP contribution in [0.1, 0.15) is 24.0 Å². The maximum absolute atomic E-state index is 2.35. The molecule has 0 saturated heterocycles. The summed E-state index contributed by atoms with van der Waals surface area (Å²) in [5, 5.41) is 5.64. The molecule has 0 aliphatic heterocycles. The van der Waals surface area contributed by atoms with Gasteiger partial charge >= 0.3 is 0 Å². The minimum atomic E-state index is 0. The molecule has 1 aliphatic rings. The highest BCUT2D eigenvalue weighted by Crippen LogP contribution is 2.32. The Morgan fingerprint density at radius 1 is 0.632 bits per heavy atom. The van der Waals surface area contributed by atoms with Crippen LogP contribution in [0.5, 0.6) is 0 Å². The Labute approximate surface area is 118 Å². The van der Waals surface area contributed by atoms with Crippen molar-refractivity contribution in [3.63, 3.8) is 0 Å². The lowest BCUT2D eigenvalue weighted by Crippen LogP contribution is -2.02. The van der Waals surface area contributed by atoms with Crippen molar-refractivity contribution in [1.82, 2.24) is 0 Å². The predicted octanol–water partition coefficient (Wildman–Crippen LogP) is 3.42. The molecule has 0 N–H and O–H groups in total. The molecule has 0 bridgehead atoms. The van der Waals surface area contributed by atoms with E-state index in [0.29, 0.717) is 0 Å². The molecule has 0 radical (unpaired) electrons. The number of fused-ring (bicyclic) bond motifs is 5. The van der Waals surface area contributed by atoms with Crippen LogP contribution in [0.15, 0.2) is 48.5 Å². The fraction of sp³-hybridized carbons (Fsp3) is 0.222. The first-order chi connectivity index (χ1) is 8.93. The molecule has 0 unspecified atom stereocenters. The fourth-order valence-corrected chi connectivity index (χ4v) is 3.34. The Morgan fingerprint density at radius 3 is 2.37 bits per heavy atom. The van der Waals surface area contributed by atoms with Gasteiger partial charge in [-0.2, -0.15) is 0 Å². The summed E-state index contributed by atoms with van der Waals surface area (Å²) in [6.07, 6.45) is 5.22. The molecule has 1 aliphatic carbocycles. The van der Waals surface area contributed by atoms with Crippen molar-refractivity contribution >= 4 is 32.5 Å². The van der Waals surface area contributed by atoms with Crippen LogP contribution in [0.2, 0.25) is 0 Å². The summed E-state index contributed by atoms with van der Waals surface area (Å²) in [7, 11) is 0. The van der Waals surface area contributed by atoms with Crippen molar-refractivity contribution in [2.24, 2.45) is 0 Å². The molecule has 0 aromatic heterocycles. The van der Waals surface area contributed by atoms with Crippen molar-refractivity contribution < 1.29 is 0 Å². The zero-order valence-corrected chi connectivity index (χ0v) is 10.4. The molecule has 19 heavy (non-hydrogen) atoms. The molecule has 4 rings (SSSR count). The van der Waals surface area contributed by atoms with Gasteiger partial charge in [0.15, 0.2) is 0 Å². The van der Waals surface area contributed by atoms with Gasteiger partial charge in [0.2, 0.25) is 0 Å². The average molecular weight is 264 g/mol. The predicted molar refractivity (Wildman–Crippen MR) is 89.4 cm³/mol. The van der Waals surface area contributed by atoms with E-state index in [1.54, 1.807) is 11.1 Å². The van der Waals surface area contributed by atoms with E-state index in [1.165, 1.54) is 47.2 Å². The van der Waals surface area contributed by atoms with E-state index in [2.05, 4.69) is 48.5 Å². The average Bonchev–Trinajstić information content (AvgIpc) is 2.46. The van der Waals surface area contributed by atoms with Crippen LogP contribution in [-0.2, 0) is 12.8 Å². The van der Waals surface area contributed by atoms with E-state index in [1.807, 2.05) is 0 Å². The lowest BCUT2D eigenvalue weighted by molar-refractivity contribution is 0.690. The Hall–Kier alpha value is -1.60. The second kappa shape index (κ2) is 4.82.